The van der Waals surface area contributed by atoms with Gasteiger partial charge in [0, 0.05) is 25.7 Å². The van der Waals surface area contributed by atoms with Gasteiger partial charge in [-0.25, -0.2) is 0 Å². The number of anilines is 4. The van der Waals surface area contributed by atoms with Crippen LogP contribution in [0.5, 0.6) is 0 Å². The molecule has 0 saturated heterocycles. The van der Waals surface area contributed by atoms with E-state index >= 15 is 0 Å². The first kappa shape index (κ1) is 17.1. The average Bonchev–Trinajstić information content (AvgIpc) is 3.19. The van der Waals surface area contributed by atoms with E-state index in [0.717, 1.165) is 26.3 Å². The number of para-hydroxylation sites is 4. The normalized spacial score (nSPS) is 17.1. The monoisotopic (exact) mass is 350 g/mol. The lowest BCUT2D eigenvalue weighted by Crippen LogP contribution is -2.41. The van der Waals surface area contributed by atoms with Gasteiger partial charge >= 0.3 is 0 Å². The van der Waals surface area contributed by atoms with Crippen LogP contribution in [-0.4, -0.2) is 39.0 Å². The highest BCUT2D eigenvalue weighted by Gasteiger charge is 2.30. The fourth-order valence-corrected chi connectivity index (χ4v) is 4.24. The number of fused-ring (bicyclic) bond motifs is 2. The number of hydrogen-bond donors (Lipinski definition) is 0. The van der Waals surface area contributed by atoms with Gasteiger partial charge < -0.3 is 19.6 Å². The Morgan fingerprint density at radius 1 is 0.769 bits per heavy atom. The van der Waals surface area contributed by atoms with Crippen LogP contribution in [0, 0.1) is 0 Å². The summed E-state index contributed by atoms with van der Waals surface area (Å²) in [5, 5.41) is 0. The summed E-state index contributed by atoms with van der Waals surface area (Å²) in [5.41, 5.74) is 5.47. The second-order valence-electron chi connectivity index (χ2n) is 7.89. The fraction of sp³-hybridized carbons (Fsp3) is 0.455. The third-order valence-electron chi connectivity index (χ3n) is 5.79. The zero-order valence-electron chi connectivity index (χ0n) is 16.4. The van der Waals surface area contributed by atoms with E-state index in [0.29, 0.717) is 12.1 Å². The van der Waals surface area contributed by atoms with Crippen molar-refractivity contribution >= 4 is 22.7 Å². The molecule has 0 radical (unpaired) electrons. The largest absolute Gasteiger partial charge is 0.355 e. The van der Waals surface area contributed by atoms with Crippen LogP contribution in [0.3, 0.4) is 0 Å². The lowest BCUT2D eigenvalue weighted by atomic mass is 10.1. The molecule has 0 saturated carbocycles. The molecule has 4 heteroatoms. The summed E-state index contributed by atoms with van der Waals surface area (Å²) in [4.78, 5) is 9.92. The van der Waals surface area contributed by atoms with Gasteiger partial charge in [0.2, 0.25) is 0 Å². The topological polar surface area (TPSA) is 13.0 Å². The Morgan fingerprint density at radius 3 is 2.00 bits per heavy atom. The molecule has 2 aliphatic rings. The summed E-state index contributed by atoms with van der Waals surface area (Å²) in [6, 6.07) is 18.6. The van der Waals surface area contributed by atoms with E-state index in [4.69, 9.17) is 0 Å². The van der Waals surface area contributed by atoms with Crippen LogP contribution < -0.4 is 19.6 Å². The first-order chi connectivity index (χ1) is 12.6. The number of benzene rings is 2. The Hall–Kier alpha value is -2.36. The molecule has 26 heavy (non-hydrogen) atoms. The van der Waals surface area contributed by atoms with Crippen LogP contribution >= 0.6 is 0 Å². The molecule has 0 bridgehead atoms. The van der Waals surface area contributed by atoms with E-state index < -0.39 is 0 Å². The molecular formula is C22H30N4. The lowest BCUT2D eigenvalue weighted by Gasteiger charge is -2.31. The van der Waals surface area contributed by atoms with Gasteiger partial charge in [0.25, 0.3) is 0 Å². The minimum absolute atomic E-state index is 0.512. The Kier molecular flexibility index (Phi) is 4.43. The van der Waals surface area contributed by atoms with E-state index in [1.807, 2.05) is 0 Å². The molecule has 1 unspecified atom stereocenters. The highest BCUT2D eigenvalue weighted by Crippen LogP contribution is 2.39. The van der Waals surface area contributed by atoms with Gasteiger partial charge in [0.1, 0.15) is 0 Å². The molecule has 2 aliphatic heterocycles. The molecule has 0 amide bonds. The van der Waals surface area contributed by atoms with Crippen molar-refractivity contribution in [2.45, 2.75) is 39.3 Å². The maximum absolute atomic E-state index is 2.57. The summed E-state index contributed by atoms with van der Waals surface area (Å²) in [7, 11) is 2.18. The predicted molar refractivity (Wildman–Crippen MR) is 113 cm³/mol. The average molecular weight is 351 g/mol. The van der Waals surface area contributed by atoms with E-state index in [-0.39, 0.29) is 0 Å². The van der Waals surface area contributed by atoms with Crippen LogP contribution in [-0.2, 0) is 0 Å². The third kappa shape index (κ3) is 2.87. The zero-order valence-corrected chi connectivity index (χ0v) is 16.4. The van der Waals surface area contributed by atoms with Gasteiger partial charge in [0.15, 0.2) is 0 Å². The van der Waals surface area contributed by atoms with Gasteiger partial charge in [-0.05, 0) is 51.5 Å². The smallest absolute Gasteiger partial charge is 0.0909 e. The molecule has 138 valence electrons. The first-order valence-corrected chi connectivity index (χ1v) is 9.73. The molecule has 0 spiro atoms. The van der Waals surface area contributed by atoms with Crippen LogP contribution in [0.25, 0.3) is 0 Å². The molecule has 4 rings (SSSR count). The first-order valence-electron chi connectivity index (χ1n) is 9.73. The van der Waals surface area contributed by atoms with Crippen LogP contribution in [0.4, 0.5) is 22.7 Å². The third-order valence-corrected chi connectivity index (χ3v) is 5.79. The molecule has 0 aliphatic carbocycles. The number of hydrogen-bond acceptors (Lipinski definition) is 4. The Balaban J connectivity index is 1.46. The van der Waals surface area contributed by atoms with Crippen LogP contribution in [0.1, 0.15) is 27.2 Å². The van der Waals surface area contributed by atoms with E-state index in [9.17, 15) is 0 Å². The second-order valence-corrected chi connectivity index (χ2v) is 7.89. The molecule has 2 aromatic rings. The molecule has 1 atom stereocenters. The van der Waals surface area contributed by atoms with Crippen molar-refractivity contribution in [3.8, 4) is 0 Å². The summed E-state index contributed by atoms with van der Waals surface area (Å²) in [6.45, 7) is 9.99. The molecule has 2 heterocycles. The summed E-state index contributed by atoms with van der Waals surface area (Å²) >= 11 is 0. The maximum atomic E-state index is 2.57. The van der Waals surface area contributed by atoms with Gasteiger partial charge in [-0.15, -0.1) is 0 Å². The minimum atomic E-state index is 0.512. The van der Waals surface area contributed by atoms with Crippen molar-refractivity contribution in [1.29, 1.82) is 0 Å². The van der Waals surface area contributed by atoms with E-state index in [1.54, 1.807) is 0 Å². The van der Waals surface area contributed by atoms with Gasteiger partial charge in [-0.2, -0.15) is 0 Å². The van der Waals surface area contributed by atoms with Gasteiger partial charge in [-0.3, -0.25) is 0 Å². The maximum Gasteiger partial charge on any atom is 0.0909 e. The predicted octanol–water partition coefficient (Wildman–Crippen LogP) is 4.37. The van der Waals surface area contributed by atoms with Crippen molar-refractivity contribution in [1.82, 2.24) is 0 Å². The van der Waals surface area contributed by atoms with Crippen molar-refractivity contribution in [2.75, 3.05) is 46.5 Å². The summed E-state index contributed by atoms with van der Waals surface area (Å²) in [5.74, 6) is 0. The molecule has 0 N–H and O–H groups in total. The van der Waals surface area contributed by atoms with Gasteiger partial charge in [0.05, 0.1) is 36.1 Å². The molecule has 0 aromatic heterocycles. The van der Waals surface area contributed by atoms with E-state index in [1.165, 1.54) is 22.7 Å². The lowest BCUT2D eigenvalue weighted by molar-refractivity contribution is 0.573. The van der Waals surface area contributed by atoms with E-state index in [2.05, 4.69) is 95.9 Å². The fourth-order valence-electron chi connectivity index (χ4n) is 4.24. The van der Waals surface area contributed by atoms with Gasteiger partial charge in [-0.1, -0.05) is 24.3 Å². The second kappa shape index (κ2) is 6.75. The summed E-state index contributed by atoms with van der Waals surface area (Å²) < 4.78 is 0. The highest BCUT2D eigenvalue weighted by molar-refractivity contribution is 5.77. The van der Waals surface area contributed by atoms with Crippen LogP contribution in [0.2, 0.25) is 0 Å². The molecule has 2 aromatic carbocycles. The van der Waals surface area contributed by atoms with Crippen molar-refractivity contribution in [3.63, 3.8) is 0 Å². The van der Waals surface area contributed by atoms with Crippen LogP contribution in [0.15, 0.2) is 48.5 Å². The zero-order chi connectivity index (χ0) is 18.3. The Labute approximate surface area is 157 Å². The van der Waals surface area contributed by atoms with Crippen molar-refractivity contribution in [3.05, 3.63) is 48.5 Å². The molecule has 4 nitrogen and oxygen atoms in total. The number of rotatable bonds is 5. The number of nitrogens with zero attached hydrogens (tertiary/aromatic N) is 4. The Morgan fingerprint density at radius 2 is 1.35 bits per heavy atom. The summed E-state index contributed by atoms with van der Waals surface area (Å²) in [6.07, 6.45) is 1.16. The Bertz CT molecular complexity index is 772. The molecular weight excluding hydrogens is 320 g/mol. The SMILES string of the molecule is CC(C)N1CN(C(C)CCN2CN(C)c3ccccc32)c2ccccc21. The highest BCUT2D eigenvalue weighted by atomic mass is 15.4. The molecule has 0 fully saturated rings. The minimum Gasteiger partial charge on any atom is -0.355 e. The standard InChI is InChI=1S/C22H30N4/c1-17(2)25-16-26(22-12-8-7-11-21(22)25)18(3)13-14-24-15-23(4)19-9-5-6-10-20(19)24/h5-12,17-18H,13-16H2,1-4H3. The quantitative estimate of drug-likeness (QED) is 0.794. The van der Waals surface area contributed by atoms with Crippen molar-refractivity contribution in [2.24, 2.45) is 0 Å². The van der Waals surface area contributed by atoms with Crippen molar-refractivity contribution < 1.29 is 0 Å².